The van der Waals surface area contributed by atoms with Crippen LogP contribution in [0.5, 0.6) is 0 Å². The van der Waals surface area contributed by atoms with E-state index >= 15 is 0 Å². The van der Waals surface area contributed by atoms with Gasteiger partial charge in [-0.1, -0.05) is 36.4 Å². The fourth-order valence-corrected chi connectivity index (χ4v) is 3.80. The van der Waals surface area contributed by atoms with E-state index in [4.69, 9.17) is 4.74 Å². The lowest BCUT2D eigenvalue weighted by atomic mass is 9.72. The highest BCUT2D eigenvalue weighted by Gasteiger charge is 2.44. The maximum Gasteiger partial charge on any atom is 0.410 e. The second-order valence-electron chi connectivity index (χ2n) is 8.85. The summed E-state index contributed by atoms with van der Waals surface area (Å²) < 4.78 is 32.1. The van der Waals surface area contributed by atoms with Crippen molar-refractivity contribution in [2.45, 2.75) is 51.2 Å². The van der Waals surface area contributed by atoms with E-state index in [1.165, 1.54) is 6.07 Å². The van der Waals surface area contributed by atoms with Gasteiger partial charge in [0.2, 0.25) is 5.91 Å². The summed E-state index contributed by atoms with van der Waals surface area (Å²) in [6.07, 6.45) is 0.469. The predicted molar refractivity (Wildman–Crippen MR) is 113 cm³/mol. The molecule has 0 bridgehead atoms. The molecular weight excluding hydrogens is 402 g/mol. The Hall–Kier alpha value is -2.96. The van der Waals surface area contributed by atoms with Crippen LogP contribution < -0.4 is 5.32 Å². The number of benzene rings is 2. The van der Waals surface area contributed by atoms with Crippen LogP contribution in [-0.4, -0.2) is 35.6 Å². The number of carbonyl (C=O) groups is 2. The van der Waals surface area contributed by atoms with Crippen LogP contribution in [0.25, 0.3) is 0 Å². The normalized spacial score (nSPS) is 16.0. The highest BCUT2D eigenvalue weighted by atomic mass is 19.2. The number of nitrogens with zero attached hydrogens (tertiary/aromatic N) is 1. The molecule has 1 aliphatic rings. The smallest absolute Gasteiger partial charge is 0.410 e. The lowest BCUT2D eigenvalue weighted by molar-refractivity contribution is -0.128. The van der Waals surface area contributed by atoms with Crippen LogP contribution >= 0.6 is 0 Å². The molecule has 0 unspecified atom stereocenters. The van der Waals surface area contributed by atoms with E-state index in [2.05, 4.69) is 5.32 Å². The fraction of sp³-hybridized carbons (Fsp3) is 0.417. The van der Waals surface area contributed by atoms with Crippen molar-refractivity contribution in [3.63, 3.8) is 0 Å². The number of carbonyl (C=O) groups excluding carboxylic acids is 2. The van der Waals surface area contributed by atoms with Crippen LogP contribution in [0, 0.1) is 11.6 Å². The number of rotatable bonds is 4. The van der Waals surface area contributed by atoms with E-state index < -0.39 is 28.7 Å². The van der Waals surface area contributed by atoms with Gasteiger partial charge in [-0.3, -0.25) is 4.79 Å². The minimum Gasteiger partial charge on any atom is -0.444 e. The van der Waals surface area contributed by atoms with E-state index in [0.29, 0.717) is 31.5 Å². The Bertz CT molecular complexity index is 934. The van der Waals surface area contributed by atoms with Gasteiger partial charge >= 0.3 is 6.09 Å². The molecule has 0 aromatic heterocycles. The molecule has 0 radical (unpaired) electrons. The average molecular weight is 430 g/mol. The molecule has 31 heavy (non-hydrogen) atoms. The highest BCUT2D eigenvalue weighted by Crippen LogP contribution is 2.36. The largest absolute Gasteiger partial charge is 0.444 e. The van der Waals surface area contributed by atoms with Crippen LogP contribution in [0.15, 0.2) is 48.5 Å². The fourth-order valence-electron chi connectivity index (χ4n) is 3.80. The summed E-state index contributed by atoms with van der Waals surface area (Å²) in [5.74, 6) is -2.08. The van der Waals surface area contributed by atoms with Gasteiger partial charge in [0.1, 0.15) is 5.60 Å². The van der Waals surface area contributed by atoms with E-state index in [1.807, 2.05) is 51.1 Å². The first kappa shape index (κ1) is 22.7. The number of amides is 2. The summed E-state index contributed by atoms with van der Waals surface area (Å²) in [5, 5.41) is 2.87. The molecule has 0 atom stereocenters. The first-order valence-corrected chi connectivity index (χ1v) is 10.4. The molecular formula is C24H28F2N2O3. The van der Waals surface area contributed by atoms with Crippen molar-refractivity contribution < 1.29 is 23.1 Å². The molecule has 1 N–H and O–H groups in total. The molecule has 0 aliphatic carbocycles. The molecule has 2 aromatic carbocycles. The van der Waals surface area contributed by atoms with Crippen molar-refractivity contribution in [2.75, 3.05) is 13.1 Å². The Morgan fingerprint density at radius 3 is 2.26 bits per heavy atom. The van der Waals surface area contributed by atoms with Crippen molar-refractivity contribution >= 4 is 12.0 Å². The van der Waals surface area contributed by atoms with Crippen LogP contribution in [0.4, 0.5) is 13.6 Å². The molecule has 166 valence electrons. The number of hydrogen-bond acceptors (Lipinski definition) is 3. The quantitative estimate of drug-likeness (QED) is 0.774. The van der Waals surface area contributed by atoms with Gasteiger partial charge in [0.25, 0.3) is 0 Å². The molecule has 2 amide bonds. The maximum absolute atomic E-state index is 13.5. The monoisotopic (exact) mass is 430 g/mol. The predicted octanol–water partition coefficient (Wildman–Crippen LogP) is 4.55. The summed E-state index contributed by atoms with van der Waals surface area (Å²) in [7, 11) is 0. The van der Waals surface area contributed by atoms with Crippen molar-refractivity contribution in [2.24, 2.45) is 0 Å². The van der Waals surface area contributed by atoms with Gasteiger partial charge in [-0.25, -0.2) is 13.6 Å². The standard InChI is InChI=1S/C24H28F2N2O3/c1-23(2,3)31-22(30)28-13-11-24(12-14-28,18-7-5-4-6-8-18)21(29)27-16-17-9-10-19(25)20(26)15-17/h4-10,15H,11-14,16H2,1-3H3,(H,27,29). The maximum atomic E-state index is 13.5. The lowest BCUT2D eigenvalue weighted by Crippen LogP contribution is -2.53. The second kappa shape index (κ2) is 9.04. The summed E-state index contributed by atoms with van der Waals surface area (Å²) >= 11 is 0. The van der Waals surface area contributed by atoms with Gasteiger partial charge in [-0.15, -0.1) is 0 Å². The summed E-state index contributed by atoms with van der Waals surface area (Å²) in [5.41, 5.74) is -0.0751. The molecule has 0 spiro atoms. The van der Waals surface area contributed by atoms with E-state index in [0.717, 1.165) is 17.7 Å². The summed E-state index contributed by atoms with van der Waals surface area (Å²) in [6.45, 7) is 6.28. The highest BCUT2D eigenvalue weighted by molar-refractivity contribution is 5.88. The first-order valence-electron chi connectivity index (χ1n) is 10.4. The average Bonchev–Trinajstić information content (AvgIpc) is 2.74. The second-order valence-corrected chi connectivity index (χ2v) is 8.85. The van der Waals surface area contributed by atoms with E-state index in [-0.39, 0.29) is 12.5 Å². The molecule has 7 heteroatoms. The number of piperidine rings is 1. The van der Waals surface area contributed by atoms with Crippen molar-refractivity contribution in [1.82, 2.24) is 10.2 Å². The van der Waals surface area contributed by atoms with Gasteiger partial charge in [0.05, 0.1) is 5.41 Å². The molecule has 1 heterocycles. The number of likely N-dealkylation sites (tertiary alicyclic amines) is 1. The minimum absolute atomic E-state index is 0.0837. The van der Waals surface area contributed by atoms with Crippen LogP contribution in [0.1, 0.15) is 44.7 Å². The van der Waals surface area contributed by atoms with Crippen LogP contribution in [-0.2, 0) is 21.5 Å². The summed E-state index contributed by atoms with van der Waals surface area (Å²) in [6, 6.07) is 13.0. The van der Waals surface area contributed by atoms with Gasteiger partial charge in [0, 0.05) is 19.6 Å². The topological polar surface area (TPSA) is 58.6 Å². The van der Waals surface area contributed by atoms with Crippen LogP contribution in [0.2, 0.25) is 0 Å². The molecule has 0 saturated carbocycles. The zero-order valence-corrected chi connectivity index (χ0v) is 18.1. The third-order valence-corrected chi connectivity index (χ3v) is 5.47. The molecule has 1 fully saturated rings. The Morgan fingerprint density at radius 2 is 1.68 bits per heavy atom. The molecule has 3 rings (SSSR count). The molecule has 5 nitrogen and oxygen atoms in total. The molecule has 1 aliphatic heterocycles. The van der Waals surface area contributed by atoms with Gasteiger partial charge in [0.15, 0.2) is 11.6 Å². The van der Waals surface area contributed by atoms with Gasteiger partial charge in [-0.2, -0.15) is 0 Å². The van der Waals surface area contributed by atoms with Crippen molar-refractivity contribution in [1.29, 1.82) is 0 Å². The number of nitrogens with one attached hydrogen (secondary N) is 1. The zero-order chi connectivity index (χ0) is 22.6. The van der Waals surface area contributed by atoms with Crippen molar-refractivity contribution in [3.8, 4) is 0 Å². The molecule has 2 aromatic rings. The van der Waals surface area contributed by atoms with E-state index in [1.54, 1.807) is 4.90 Å². The Labute approximate surface area is 181 Å². The minimum atomic E-state index is -0.949. The van der Waals surface area contributed by atoms with Crippen LogP contribution in [0.3, 0.4) is 0 Å². The number of halogens is 2. The van der Waals surface area contributed by atoms with E-state index in [9.17, 15) is 18.4 Å². The third-order valence-electron chi connectivity index (χ3n) is 5.47. The Kier molecular flexibility index (Phi) is 6.62. The lowest BCUT2D eigenvalue weighted by Gasteiger charge is -2.41. The van der Waals surface area contributed by atoms with Crippen molar-refractivity contribution in [3.05, 3.63) is 71.3 Å². The number of hydrogen-bond donors (Lipinski definition) is 1. The number of ether oxygens (including phenoxy) is 1. The summed E-state index contributed by atoms with van der Waals surface area (Å²) in [4.78, 5) is 27.4. The molecule has 1 saturated heterocycles. The van der Waals surface area contributed by atoms with Gasteiger partial charge in [-0.05, 0) is 56.9 Å². The SMILES string of the molecule is CC(C)(C)OC(=O)N1CCC(C(=O)NCc2ccc(F)c(F)c2)(c2ccccc2)CC1. The Morgan fingerprint density at radius 1 is 1.03 bits per heavy atom. The first-order chi connectivity index (χ1) is 14.6. The zero-order valence-electron chi connectivity index (χ0n) is 18.1. The van der Waals surface area contributed by atoms with Gasteiger partial charge < -0.3 is 15.0 Å². The Balaban J connectivity index is 1.75. The third kappa shape index (κ3) is 5.40.